The Balaban J connectivity index is 1.95. The highest BCUT2D eigenvalue weighted by Crippen LogP contribution is 2.30. The molecule has 136 valence electrons. The van der Waals surface area contributed by atoms with Crippen LogP contribution >= 0.6 is 0 Å². The maximum atomic E-state index is 13.9. The fourth-order valence-electron chi connectivity index (χ4n) is 3.05. The molecule has 0 radical (unpaired) electrons. The predicted molar refractivity (Wildman–Crippen MR) is 105 cm³/mol. The van der Waals surface area contributed by atoms with Crippen molar-refractivity contribution in [3.05, 3.63) is 101 Å². The highest BCUT2D eigenvalue weighted by molar-refractivity contribution is 6.14. The number of halogens is 1. The number of carbonyl (C=O) groups excluding carboxylic acids is 1. The Morgan fingerprint density at radius 3 is 2.64 bits per heavy atom. The van der Waals surface area contributed by atoms with Crippen LogP contribution in [-0.2, 0) is 0 Å². The summed E-state index contributed by atoms with van der Waals surface area (Å²) in [4.78, 5) is 36.2. The summed E-state index contributed by atoms with van der Waals surface area (Å²) in [7, 11) is 0. The Labute approximate surface area is 159 Å². The lowest BCUT2D eigenvalue weighted by Crippen LogP contribution is -2.18. The summed E-state index contributed by atoms with van der Waals surface area (Å²) in [5.41, 5.74) is 1.47. The normalized spacial score (nSPS) is 11.2. The van der Waals surface area contributed by atoms with Gasteiger partial charge in [-0.2, -0.15) is 0 Å². The molecule has 0 amide bonds. The van der Waals surface area contributed by atoms with Crippen LogP contribution in [0.5, 0.6) is 0 Å². The molecule has 0 unspecified atom stereocenters. The van der Waals surface area contributed by atoms with E-state index < -0.39 is 17.2 Å². The lowest BCUT2D eigenvalue weighted by Gasteiger charge is -2.11. The van der Waals surface area contributed by atoms with Crippen molar-refractivity contribution in [2.75, 3.05) is 0 Å². The van der Waals surface area contributed by atoms with Crippen LogP contribution in [0.25, 0.3) is 28.1 Å². The molecule has 4 aromatic rings. The van der Waals surface area contributed by atoms with Gasteiger partial charge < -0.3 is 4.98 Å². The Bertz CT molecular complexity index is 1250. The molecule has 4 rings (SSSR count). The molecule has 0 saturated heterocycles. The van der Waals surface area contributed by atoms with Gasteiger partial charge in [-0.15, -0.1) is 0 Å². The SMILES string of the molecule is O=C(/C=C/c1ccncn1)c1c(-c2ccccc2)c2cc(F)ccc2[nH]c1=O. The number of rotatable bonds is 4. The van der Waals surface area contributed by atoms with Gasteiger partial charge in [-0.3, -0.25) is 9.59 Å². The molecular weight excluding hydrogens is 357 g/mol. The van der Waals surface area contributed by atoms with Crippen LogP contribution in [0.15, 0.2) is 78.0 Å². The third-order valence-corrected chi connectivity index (χ3v) is 4.30. The largest absolute Gasteiger partial charge is 0.321 e. The molecule has 0 aliphatic heterocycles. The van der Waals surface area contributed by atoms with E-state index in [1.54, 1.807) is 36.5 Å². The van der Waals surface area contributed by atoms with Crippen molar-refractivity contribution in [3.63, 3.8) is 0 Å². The quantitative estimate of drug-likeness (QED) is 0.434. The summed E-state index contributed by atoms with van der Waals surface area (Å²) in [6.07, 6.45) is 5.71. The van der Waals surface area contributed by atoms with Crippen molar-refractivity contribution in [1.29, 1.82) is 0 Å². The summed E-state index contributed by atoms with van der Waals surface area (Å²) in [5, 5.41) is 0.463. The van der Waals surface area contributed by atoms with Crippen LogP contribution in [-0.4, -0.2) is 20.7 Å². The monoisotopic (exact) mass is 371 g/mol. The molecule has 0 aliphatic carbocycles. The maximum Gasteiger partial charge on any atom is 0.260 e. The average Bonchev–Trinajstić information content (AvgIpc) is 2.73. The third-order valence-electron chi connectivity index (χ3n) is 4.30. The van der Waals surface area contributed by atoms with Crippen molar-refractivity contribution in [2.45, 2.75) is 0 Å². The highest BCUT2D eigenvalue weighted by atomic mass is 19.1. The van der Waals surface area contributed by atoms with Gasteiger partial charge in [-0.25, -0.2) is 14.4 Å². The van der Waals surface area contributed by atoms with E-state index in [-0.39, 0.29) is 5.56 Å². The van der Waals surface area contributed by atoms with Crippen molar-refractivity contribution < 1.29 is 9.18 Å². The second-order valence-electron chi connectivity index (χ2n) is 6.09. The minimum atomic E-state index is -0.532. The summed E-state index contributed by atoms with van der Waals surface area (Å²) < 4.78 is 13.9. The Morgan fingerprint density at radius 1 is 1.07 bits per heavy atom. The van der Waals surface area contributed by atoms with Gasteiger partial charge in [-0.1, -0.05) is 30.3 Å². The van der Waals surface area contributed by atoms with Crippen LogP contribution < -0.4 is 5.56 Å². The number of fused-ring (bicyclic) bond motifs is 1. The molecule has 0 aliphatic rings. The van der Waals surface area contributed by atoms with E-state index in [9.17, 15) is 14.0 Å². The number of hydrogen-bond acceptors (Lipinski definition) is 4. The van der Waals surface area contributed by atoms with E-state index in [4.69, 9.17) is 0 Å². The van der Waals surface area contributed by atoms with Crippen molar-refractivity contribution >= 4 is 22.8 Å². The molecule has 2 aromatic heterocycles. The molecule has 0 saturated carbocycles. The van der Waals surface area contributed by atoms with E-state index >= 15 is 0 Å². The van der Waals surface area contributed by atoms with Gasteiger partial charge in [0.05, 0.1) is 11.3 Å². The predicted octanol–water partition coefficient (Wildman–Crippen LogP) is 4.02. The number of ketones is 1. The molecule has 0 fully saturated rings. The zero-order valence-electron chi connectivity index (χ0n) is 14.6. The summed E-state index contributed by atoms with van der Waals surface area (Å²) in [6, 6.07) is 14.7. The molecule has 2 aromatic carbocycles. The first-order chi connectivity index (χ1) is 13.6. The minimum absolute atomic E-state index is 0.0467. The fourth-order valence-corrected chi connectivity index (χ4v) is 3.05. The zero-order valence-corrected chi connectivity index (χ0v) is 14.6. The number of hydrogen-bond donors (Lipinski definition) is 1. The lowest BCUT2D eigenvalue weighted by molar-refractivity contribution is 0.104. The highest BCUT2D eigenvalue weighted by Gasteiger charge is 2.19. The van der Waals surface area contributed by atoms with E-state index in [1.165, 1.54) is 36.7 Å². The van der Waals surface area contributed by atoms with Gasteiger partial charge in [0.1, 0.15) is 12.1 Å². The van der Waals surface area contributed by atoms with Crippen LogP contribution in [0.1, 0.15) is 16.1 Å². The van der Waals surface area contributed by atoms with E-state index in [0.29, 0.717) is 27.7 Å². The van der Waals surface area contributed by atoms with Gasteiger partial charge in [0.15, 0.2) is 5.78 Å². The van der Waals surface area contributed by atoms with Crippen molar-refractivity contribution in [2.24, 2.45) is 0 Å². The van der Waals surface area contributed by atoms with E-state index in [2.05, 4.69) is 15.0 Å². The van der Waals surface area contributed by atoms with Crippen LogP contribution in [0.2, 0.25) is 0 Å². The number of benzene rings is 2. The molecule has 2 heterocycles. The Hall–Kier alpha value is -3.93. The molecule has 0 spiro atoms. The molecule has 6 heteroatoms. The lowest BCUT2D eigenvalue weighted by atomic mass is 9.94. The van der Waals surface area contributed by atoms with Crippen LogP contribution in [0.4, 0.5) is 4.39 Å². The summed E-state index contributed by atoms with van der Waals surface area (Å²) >= 11 is 0. The first-order valence-electron chi connectivity index (χ1n) is 8.53. The zero-order chi connectivity index (χ0) is 19.5. The number of carbonyl (C=O) groups is 1. The number of nitrogens with one attached hydrogen (secondary N) is 1. The topological polar surface area (TPSA) is 75.7 Å². The van der Waals surface area contributed by atoms with Gasteiger partial charge in [-0.05, 0) is 42.0 Å². The van der Waals surface area contributed by atoms with Crippen LogP contribution in [0, 0.1) is 5.82 Å². The van der Waals surface area contributed by atoms with Gasteiger partial charge in [0, 0.05) is 22.7 Å². The smallest absolute Gasteiger partial charge is 0.260 e. The second-order valence-corrected chi connectivity index (χ2v) is 6.09. The van der Waals surface area contributed by atoms with Crippen molar-refractivity contribution in [1.82, 2.24) is 15.0 Å². The Morgan fingerprint density at radius 2 is 1.89 bits per heavy atom. The average molecular weight is 371 g/mol. The number of H-pyrrole nitrogens is 1. The third kappa shape index (κ3) is 3.35. The minimum Gasteiger partial charge on any atom is -0.321 e. The van der Waals surface area contributed by atoms with Gasteiger partial charge in [0.2, 0.25) is 0 Å². The molecule has 1 N–H and O–H groups in total. The second kappa shape index (κ2) is 7.36. The number of aromatic nitrogens is 3. The van der Waals surface area contributed by atoms with Gasteiger partial charge >= 0.3 is 0 Å². The first-order valence-corrected chi connectivity index (χ1v) is 8.53. The standard InChI is InChI=1S/C22H14FN3O2/c23-15-6-8-18-17(12-15)20(14-4-2-1-3-5-14)21(22(28)26-18)19(27)9-7-16-10-11-24-13-25-16/h1-13H,(H,26,28)/b9-7+. The number of aromatic amines is 1. The number of pyridine rings is 1. The Kier molecular flexibility index (Phi) is 4.60. The van der Waals surface area contributed by atoms with Crippen LogP contribution in [0.3, 0.4) is 0 Å². The van der Waals surface area contributed by atoms with E-state index in [1.807, 2.05) is 6.07 Å². The van der Waals surface area contributed by atoms with Crippen molar-refractivity contribution in [3.8, 4) is 11.1 Å². The first kappa shape index (κ1) is 17.5. The molecule has 0 atom stereocenters. The molecule has 28 heavy (non-hydrogen) atoms. The molecular formula is C22H14FN3O2. The molecule has 5 nitrogen and oxygen atoms in total. The van der Waals surface area contributed by atoms with Gasteiger partial charge in [0.25, 0.3) is 5.56 Å². The summed E-state index contributed by atoms with van der Waals surface area (Å²) in [6.45, 7) is 0. The number of allylic oxidation sites excluding steroid dienone is 1. The maximum absolute atomic E-state index is 13.9. The number of nitrogens with zero attached hydrogens (tertiary/aromatic N) is 2. The molecule has 0 bridgehead atoms. The van der Waals surface area contributed by atoms with E-state index in [0.717, 1.165) is 0 Å². The summed E-state index contributed by atoms with van der Waals surface area (Å²) in [5.74, 6) is -0.948. The fraction of sp³-hybridized carbons (Fsp3) is 0.